The first-order valence-electron chi connectivity index (χ1n) is 15.0. The van der Waals surface area contributed by atoms with E-state index in [9.17, 15) is 19.5 Å². The normalized spacial score (nSPS) is 31.2. The molecule has 3 amide bonds. The number of aliphatic hydroxyl groups excluding tert-OH is 1. The minimum Gasteiger partial charge on any atom is -0.494 e. The SMILES string of the molecule is CCOc1ccc(N2CC=C[C@@H]3S[C@]45C=CCN(CCN6CCOCC6)C(=O)C4N(CCCO)C(=O)[C@@H]5[C@@H]3C2=O)cc1. The van der Waals surface area contributed by atoms with E-state index in [1.165, 1.54) is 0 Å². The van der Waals surface area contributed by atoms with Crippen molar-refractivity contribution in [1.82, 2.24) is 14.7 Å². The fourth-order valence-electron chi connectivity index (χ4n) is 7.07. The maximum Gasteiger partial charge on any atom is 0.247 e. The van der Waals surface area contributed by atoms with Gasteiger partial charge < -0.3 is 29.3 Å². The van der Waals surface area contributed by atoms with E-state index in [0.29, 0.717) is 45.9 Å². The molecular weight excluding hydrogens is 556 g/mol. The third-order valence-electron chi connectivity index (χ3n) is 9.05. The van der Waals surface area contributed by atoms with Crippen molar-refractivity contribution in [2.45, 2.75) is 29.4 Å². The van der Waals surface area contributed by atoms with Gasteiger partial charge in [0.15, 0.2) is 0 Å². The highest BCUT2D eigenvalue weighted by molar-refractivity contribution is 8.02. The van der Waals surface area contributed by atoms with Gasteiger partial charge in [0.25, 0.3) is 0 Å². The second kappa shape index (κ2) is 12.4. The number of thioether (sulfide) groups is 1. The van der Waals surface area contributed by atoms with Crippen molar-refractivity contribution in [2.24, 2.45) is 11.8 Å². The average molecular weight is 597 g/mol. The molecule has 0 aliphatic carbocycles. The van der Waals surface area contributed by atoms with E-state index in [0.717, 1.165) is 31.1 Å². The van der Waals surface area contributed by atoms with Gasteiger partial charge in [-0.1, -0.05) is 24.3 Å². The molecule has 3 fully saturated rings. The van der Waals surface area contributed by atoms with Crippen LogP contribution in [0.1, 0.15) is 13.3 Å². The summed E-state index contributed by atoms with van der Waals surface area (Å²) in [5.74, 6) is -0.889. The van der Waals surface area contributed by atoms with Crippen LogP contribution in [0.3, 0.4) is 0 Å². The summed E-state index contributed by atoms with van der Waals surface area (Å²) in [6.45, 7) is 7.93. The topological polar surface area (TPSA) is 103 Å². The molecular formula is C31H40N4O6S. The molecule has 0 radical (unpaired) electrons. The van der Waals surface area contributed by atoms with Gasteiger partial charge in [0.2, 0.25) is 17.7 Å². The number of fused-ring (bicyclic) bond motifs is 2. The molecule has 226 valence electrons. The van der Waals surface area contributed by atoms with Crippen molar-refractivity contribution in [3.63, 3.8) is 0 Å². The monoisotopic (exact) mass is 596 g/mol. The Morgan fingerprint density at radius 3 is 2.52 bits per heavy atom. The van der Waals surface area contributed by atoms with Gasteiger partial charge in [-0.25, -0.2) is 0 Å². The van der Waals surface area contributed by atoms with E-state index >= 15 is 0 Å². The number of rotatable bonds is 9. The van der Waals surface area contributed by atoms with Crippen LogP contribution in [0.25, 0.3) is 0 Å². The molecule has 1 spiro atoms. The van der Waals surface area contributed by atoms with Crippen molar-refractivity contribution in [1.29, 1.82) is 0 Å². The maximum atomic E-state index is 14.3. The van der Waals surface area contributed by atoms with Crippen molar-refractivity contribution in [3.8, 4) is 5.75 Å². The molecule has 10 nitrogen and oxygen atoms in total. The van der Waals surface area contributed by atoms with Crippen LogP contribution in [-0.4, -0.2) is 126 Å². The zero-order valence-electron chi connectivity index (χ0n) is 24.1. The molecule has 5 heterocycles. The average Bonchev–Trinajstić information content (AvgIpc) is 3.32. The first kappa shape index (κ1) is 29.2. The fourth-order valence-corrected chi connectivity index (χ4v) is 9.08. The molecule has 42 heavy (non-hydrogen) atoms. The van der Waals surface area contributed by atoms with Crippen molar-refractivity contribution >= 4 is 35.2 Å². The van der Waals surface area contributed by atoms with Crippen molar-refractivity contribution < 1.29 is 29.0 Å². The Kier molecular flexibility index (Phi) is 8.63. The standard InChI is InChI=1S/C31H40N4O6S/c1-2-41-23-9-7-22(8-10-23)34-13-3-6-24-25(28(34)37)26-29(38)35(14-5-19-36)27-30(39)33(12-4-11-31(26,27)42-24)16-15-32-17-20-40-21-18-32/h3-4,6-11,24-27,36H,2,5,12-21H2,1H3/t24-,25+,26-,27?,31-/m0/s1. The first-order chi connectivity index (χ1) is 20.5. The van der Waals surface area contributed by atoms with E-state index in [2.05, 4.69) is 11.0 Å². The predicted octanol–water partition coefficient (Wildman–Crippen LogP) is 1.40. The molecule has 5 aliphatic heterocycles. The largest absolute Gasteiger partial charge is 0.494 e. The molecule has 5 atom stereocenters. The van der Waals surface area contributed by atoms with E-state index in [-0.39, 0.29) is 36.1 Å². The highest BCUT2D eigenvalue weighted by atomic mass is 32.2. The Morgan fingerprint density at radius 2 is 1.79 bits per heavy atom. The molecule has 11 heteroatoms. The summed E-state index contributed by atoms with van der Waals surface area (Å²) < 4.78 is 10.2. The molecule has 1 unspecified atom stereocenters. The van der Waals surface area contributed by atoms with Crippen LogP contribution in [0.4, 0.5) is 5.69 Å². The Balaban J connectivity index is 1.30. The number of hydrogen-bond acceptors (Lipinski definition) is 8. The van der Waals surface area contributed by atoms with Crippen LogP contribution in [0.5, 0.6) is 5.75 Å². The van der Waals surface area contributed by atoms with Gasteiger partial charge in [0, 0.05) is 63.4 Å². The predicted molar refractivity (Wildman–Crippen MR) is 160 cm³/mol. The number of ether oxygens (including phenoxy) is 2. The lowest BCUT2D eigenvalue weighted by atomic mass is 9.78. The fraction of sp³-hybridized carbons (Fsp3) is 0.581. The molecule has 1 aromatic carbocycles. The minimum absolute atomic E-state index is 0.0780. The molecule has 5 aliphatic rings. The molecule has 0 bridgehead atoms. The summed E-state index contributed by atoms with van der Waals surface area (Å²) >= 11 is 1.59. The highest BCUT2D eigenvalue weighted by Gasteiger charge is 2.70. The molecule has 0 saturated carbocycles. The second-order valence-corrected chi connectivity index (χ2v) is 12.9. The number of carbonyl (C=O) groups excluding carboxylic acids is 3. The van der Waals surface area contributed by atoms with Gasteiger partial charge in [-0.3, -0.25) is 19.3 Å². The van der Waals surface area contributed by atoms with Crippen LogP contribution >= 0.6 is 11.8 Å². The zero-order chi connectivity index (χ0) is 29.3. The van der Waals surface area contributed by atoms with Gasteiger partial charge >= 0.3 is 0 Å². The number of aliphatic hydroxyl groups is 1. The van der Waals surface area contributed by atoms with E-state index in [1.807, 2.05) is 54.3 Å². The van der Waals surface area contributed by atoms with E-state index in [1.54, 1.807) is 21.6 Å². The van der Waals surface area contributed by atoms with Crippen LogP contribution < -0.4 is 9.64 Å². The quantitative estimate of drug-likeness (QED) is 0.427. The summed E-state index contributed by atoms with van der Waals surface area (Å²) in [5, 5.41) is 9.42. The number of morpholine rings is 1. The lowest BCUT2D eigenvalue weighted by molar-refractivity contribution is -0.142. The summed E-state index contributed by atoms with van der Waals surface area (Å²) in [5.41, 5.74) is 0.751. The molecule has 6 rings (SSSR count). The summed E-state index contributed by atoms with van der Waals surface area (Å²) in [6, 6.07) is 6.75. The first-order valence-corrected chi connectivity index (χ1v) is 15.9. The number of anilines is 1. The maximum absolute atomic E-state index is 14.3. The number of carbonyl (C=O) groups is 3. The Bertz CT molecular complexity index is 1230. The van der Waals surface area contributed by atoms with Crippen LogP contribution in [0.2, 0.25) is 0 Å². The van der Waals surface area contributed by atoms with Gasteiger partial charge in [-0.2, -0.15) is 0 Å². The number of hydrogen-bond donors (Lipinski definition) is 1. The lowest BCUT2D eigenvalue weighted by Crippen LogP contribution is -2.54. The summed E-state index contributed by atoms with van der Waals surface area (Å²) in [6.07, 6.45) is 8.50. The number of amides is 3. The number of nitrogens with zero attached hydrogens (tertiary/aromatic N) is 4. The Hall–Kier alpha value is -2.86. The molecule has 3 saturated heterocycles. The van der Waals surface area contributed by atoms with Crippen LogP contribution in [0, 0.1) is 11.8 Å². The Morgan fingerprint density at radius 1 is 1.00 bits per heavy atom. The highest BCUT2D eigenvalue weighted by Crippen LogP contribution is 2.61. The van der Waals surface area contributed by atoms with Crippen LogP contribution in [0.15, 0.2) is 48.6 Å². The summed E-state index contributed by atoms with van der Waals surface area (Å²) in [4.78, 5) is 50.5. The van der Waals surface area contributed by atoms with Gasteiger partial charge in [-0.15, -0.1) is 11.8 Å². The lowest BCUT2D eigenvalue weighted by Gasteiger charge is -2.36. The van der Waals surface area contributed by atoms with Crippen molar-refractivity contribution in [2.75, 3.05) is 77.1 Å². The second-order valence-electron chi connectivity index (χ2n) is 11.4. The zero-order valence-corrected chi connectivity index (χ0v) is 24.9. The Labute approximate surface area is 251 Å². The molecule has 1 aromatic rings. The van der Waals surface area contributed by atoms with Gasteiger partial charge in [-0.05, 0) is 37.6 Å². The van der Waals surface area contributed by atoms with Gasteiger partial charge in [0.05, 0.1) is 36.4 Å². The molecule has 0 aromatic heterocycles. The van der Waals surface area contributed by atoms with E-state index in [4.69, 9.17) is 9.47 Å². The van der Waals surface area contributed by atoms with E-state index < -0.39 is 22.6 Å². The third kappa shape index (κ3) is 5.14. The number of benzene rings is 1. The van der Waals surface area contributed by atoms with Crippen molar-refractivity contribution in [3.05, 3.63) is 48.6 Å². The molecule has 1 N–H and O–H groups in total. The summed E-state index contributed by atoms with van der Waals surface area (Å²) in [7, 11) is 0. The van der Waals surface area contributed by atoms with Crippen LogP contribution in [-0.2, 0) is 19.1 Å². The number of likely N-dealkylation sites (tertiary alicyclic amines) is 1. The third-order valence-corrected chi connectivity index (χ3v) is 10.8. The van der Waals surface area contributed by atoms with Gasteiger partial charge in [0.1, 0.15) is 11.8 Å². The minimum atomic E-state index is -0.853. The smallest absolute Gasteiger partial charge is 0.247 e.